The zero-order valence-corrected chi connectivity index (χ0v) is 16.0. The van der Waals surface area contributed by atoms with E-state index in [0.717, 1.165) is 6.26 Å². The van der Waals surface area contributed by atoms with E-state index in [1.807, 2.05) is 0 Å². The predicted molar refractivity (Wildman–Crippen MR) is 108 cm³/mol. The second-order valence-electron chi connectivity index (χ2n) is 5.97. The van der Waals surface area contributed by atoms with E-state index in [0.29, 0.717) is 5.69 Å². The number of hydrogen-bond acceptors (Lipinski definition) is 7. The molecule has 1 aromatic carbocycles. The van der Waals surface area contributed by atoms with Crippen LogP contribution in [0.25, 0.3) is 0 Å². The van der Waals surface area contributed by atoms with Gasteiger partial charge in [-0.25, -0.2) is 18.4 Å². The van der Waals surface area contributed by atoms with E-state index < -0.39 is 21.9 Å². The molecule has 29 heavy (non-hydrogen) atoms. The number of anilines is 5. The van der Waals surface area contributed by atoms with Crippen LogP contribution in [0.1, 0.15) is 10.4 Å². The normalized spacial score (nSPS) is 11.0. The van der Waals surface area contributed by atoms with Gasteiger partial charge in [0.25, 0.3) is 5.91 Å². The number of para-hydroxylation sites is 2. The second kappa shape index (κ2) is 8.10. The fraction of sp³-hybridized carbons (Fsp3) is 0.0556. The Bertz CT molecular complexity index is 1170. The average molecular weight is 416 g/mol. The van der Waals surface area contributed by atoms with Crippen molar-refractivity contribution >= 4 is 44.8 Å². The molecular weight excluding hydrogens is 399 g/mol. The minimum atomic E-state index is -3.53. The number of rotatable bonds is 7. The summed E-state index contributed by atoms with van der Waals surface area (Å²) in [5.74, 6) is -0.827. The van der Waals surface area contributed by atoms with Crippen LogP contribution in [0.4, 0.5) is 33.2 Å². The van der Waals surface area contributed by atoms with Crippen LogP contribution in [0.2, 0.25) is 0 Å². The van der Waals surface area contributed by atoms with Crippen molar-refractivity contribution in [3.05, 3.63) is 66.1 Å². The maximum absolute atomic E-state index is 13.3. The highest BCUT2D eigenvalue weighted by molar-refractivity contribution is 7.92. The van der Waals surface area contributed by atoms with Gasteiger partial charge >= 0.3 is 0 Å². The highest BCUT2D eigenvalue weighted by Crippen LogP contribution is 2.28. The average Bonchev–Trinajstić information content (AvgIpc) is 2.62. The number of benzene rings is 1. The minimum absolute atomic E-state index is 0.0805. The first-order valence-corrected chi connectivity index (χ1v) is 10.1. The number of sulfonamides is 1. The summed E-state index contributed by atoms with van der Waals surface area (Å²) in [5.41, 5.74) is 6.12. The number of nitrogens with two attached hydrogens (primary N) is 1. The Hall–Kier alpha value is -3.73. The van der Waals surface area contributed by atoms with Crippen molar-refractivity contribution in [2.24, 2.45) is 5.73 Å². The molecule has 2 heterocycles. The van der Waals surface area contributed by atoms with Gasteiger partial charge in [-0.3, -0.25) is 9.52 Å². The quantitative estimate of drug-likeness (QED) is 0.434. The van der Waals surface area contributed by atoms with E-state index in [1.165, 1.54) is 24.3 Å². The molecule has 0 spiro atoms. The summed E-state index contributed by atoms with van der Waals surface area (Å²) in [4.78, 5) is 19.8. The van der Waals surface area contributed by atoms with Gasteiger partial charge in [0.15, 0.2) is 0 Å². The molecule has 0 saturated heterocycles. The summed E-state index contributed by atoms with van der Waals surface area (Å²) >= 11 is 0. The van der Waals surface area contributed by atoms with Crippen LogP contribution in [-0.2, 0) is 10.0 Å². The number of amides is 1. The van der Waals surface area contributed by atoms with Gasteiger partial charge in [0.1, 0.15) is 17.5 Å². The molecule has 5 N–H and O–H groups in total. The Labute approximate surface area is 166 Å². The SMILES string of the molecule is CS(=O)(=O)Nc1ccccc1Nc1nc(Nc2cccc(F)n2)ccc1C(N)=O. The molecule has 0 aliphatic rings. The maximum Gasteiger partial charge on any atom is 0.252 e. The number of halogens is 1. The van der Waals surface area contributed by atoms with Crippen molar-refractivity contribution in [3.63, 3.8) is 0 Å². The molecule has 0 fully saturated rings. The summed E-state index contributed by atoms with van der Waals surface area (Å²) in [6, 6.07) is 13.6. The van der Waals surface area contributed by atoms with Crippen molar-refractivity contribution in [2.75, 3.05) is 21.6 Å². The fourth-order valence-corrected chi connectivity index (χ4v) is 3.02. The highest BCUT2D eigenvalue weighted by Gasteiger charge is 2.14. The van der Waals surface area contributed by atoms with E-state index in [9.17, 15) is 17.6 Å². The van der Waals surface area contributed by atoms with Crippen molar-refractivity contribution < 1.29 is 17.6 Å². The van der Waals surface area contributed by atoms with Gasteiger partial charge in [0.2, 0.25) is 16.0 Å². The van der Waals surface area contributed by atoms with Gasteiger partial charge in [0, 0.05) is 0 Å². The number of carbonyl (C=O) groups is 1. The van der Waals surface area contributed by atoms with Gasteiger partial charge < -0.3 is 16.4 Å². The molecule has 2 aromatic heterocycles. The third-order valence-corrected chi connectivity index (χ3v) is 4.20. The Morgan fingerprint density at radius 2 is 1.62 bits per heavy atom. The fourth-order valence-electron chi connectivity index (χ4n) is 2.44. The number of pyridine rings is 2. The van der Waals surface area contributed by atoms with Crippen LogP contribution in [0, 0.1) is 5.95 Å². The molecule has 3 aromatic rings. The molecule has 0 aliphatic heterocycles. The smallest absolute Gasteiger partial charge is 0.252 e. The van der Waals surface area contributed by atoms with E-state index in [1.54, 1.807) is 30.3 Å². The molecule has 11 heteroatoms. The maximum atomic E-state index is 13.3. The van der Waals surface area contributed by atoms with E-state index in [2.05, 4.69) is 25.3 Å². The van der Waals surface area contributed by atoms with Crippen molar-refractivity contribution in [1.29, 1.82) is 0 Å². The van der Waals surface area contributed by atoms with E-state index in [4.69, 9.17) is 5.73 Å². The molecule has 150 valence electrons. The number of nitrogens with zero attached hydrogens (tertiary/aromatic N) is 2. The van der Waals surface area contributed by atoms with E-state index >= 15 is 0 Å². The first kappa shape index (κ1) is 20.0. The summed E-state index contributed by atoms with van der Waals surface area (Å²) in [6.07, 6.45) is 1.02. The summed E-state index contributed by atoms with van der Waals surface area (Å²) in [6.45, 7) is 0. The molecule has 0 saturated carbocycles. The number of aromatic nitrogens is 2. The van der Waals surface area contributed by atoms with Crippen LogP contribution in [-0.4, -0.2) is 30.5 Å². The molecule has 0 aliphatic carbocycles. The van der Waals surface area contributed by atoms with Crippen LogP contribution < -0.4 is 21.1 Å². The van der Waals surface area contributed by atoms with Gasteiger partial charge in [-0.1, -0.05) is 18.2 Å². The number of nitrogens with one attached hydrogen (secondary N) is 3. The third-order valence-electron chi connectivity index (χ3n) is 3.61. The van der Waals surface area contributed by atoms with Gasteiger partial charge in [-0.05, 0) is 36.4 Å². The molecule has 9 nitrogen and oxygen atoms in total. The molecular formula is C18H17FN6O3S. The predicted octanol–water partition coefficient (Wildman–Crippen LogP) is 2.57. The summed E-state index contributed by atoms with van der Waals surface area (Å²) < 4.78 is 38.8. The number of primary amides is 1. The Kier molecular flexibility index (Phi) is 5.59. The Morgan fingerprint density at radius 1 is 0.931 bits per heavy atom. The van der Waals surface area contributed by atoms with Crippen LogP contribution >= 0.6 is 0 Å². The summed E-state index contributed by atoms with van der Waals surface area (Å²) in [7, 11) is -3.53. The Morgan fingerprint density at radius 3 is 2.28 bits per heavy atom. The topological polar surface area (TPSA) is 139 Å². The van der Waals surface area contributed by atoms with Crippen molar-refractivity contribution in [2.45, 2.75) is 0 Å². The first-order chi connectivity index (χ1) is 13.7. The second-order valence-corrected chi connectivity index (χ2v) is 7.72. The van der Waals surface area contributed by atoms with Crippen LogP contribution in [0.3, 0.4) is 0 Å². The molecule has 0 atom stereocenters. The van der Waals surface area contributed by atoms with Gasteiger partial charge in [-0.2, -0.15) is 4.39 Å². The highest BCUT2D eigenvalue weighted by atomic mass is 32.2. The largest absolute Gasteiger partial charge is 0.365 e. The van der Waals surface area contributed by atoms with Gasteiger partial charge in [-0.15, -0.1) is 0 Å². The lowest BCUT2D eigenvalue weighted by Crippen LogP contribution is -2.16. The molecule has 0 bridgehead atoms. The third kappa shape index (κ3) is 5.39. The van der Waals surface area contributed by atoms with E-state index in [-0.39, 0.29) is 28.7 Å². The lowest BCUT2D eigenvalue weighted by atomic mass is 10.2. The number of hydrogen-bond donors (Lipinski definition) is 4. The lowest BCUT2D eigenvalue weighted by molar-refractivity contribution is 0.100. The molecule has 0 radical (unpaired) electrons. The number of carbonyl (C=O) groups excluding carboxylic acids is 1. The Balaban J connectivity index is 1.97. The first-order valence-electron chi connectivity index (χ1n) is 8.25. The summed E-state index contributed by atoms with van der Waals surface area (Å²) in [5, 5.41) is 5.73. The van der Waals surface area contributed by atoms with Crippen molar-refractivity contribution in [3.8, 4) is 0 Å². The zero-order valence-electron chi connectivity index (χ0n) is 15.2. The molecule has 3 rings (SSSR count). The van der Waals surface area contributed by atoms with Gasteiger partial charge in [0.05, 0.1) is 23.2 Å². The molecule has 0 unspecified atom stereocenters. The standard InChI is InChI=1S/C18H17FN6O3S/c1-29(27,28)25-13-6-3-2-5-12(13)21-18-11(17(20)26)9-10-16(24-18)23-15-8-4-7-14(19)22-15/h2-10,25H,1H3,(H2,20,26)(H2,21,22,23,24). The zero-order chi connectivity index (χ0) is 21.0. The minimum Gasteiger partial charge on any atom is -0.365 e. The molecule has 1 amide bonds. The van der Waals surface area contributed by atoms with Crippen LogP contribution in [0.15, 0.2) is 54.6 Å². The van der Waals surface area contributed by atoms with Crippen LogP contribution in [0.5, 0.6) is 0 Å². The monoisotopic (exact) mass is 416 g/mol. The lowest BCUT2D eigenvalue weighted by Gasteiger charge is -2.15. The van der Waals surface area contributed by atoms with Crippen molar-refractivity contribution in [1.82, 2.24) is 9.97 Å².